The Morgan fingerprint density at radius 1 is 1.06 bits per heavy atom. The minimum Gasteiger partial charge on any atom is -0.463 e. The summed E-state index contributed by atoms with van der Waals surface area (Å²) in [6.45, 7) is 5.73. The molecule has 1 aromatic carbocycles. The summed E-state index contributed by atoms with van der Waals surface area (Å²) in [5, 5.41) is 8.39. The molecule has 32 heavy (non-hydrogen) atoms. The molecule has 1 aliphatic rings. The van der Waals surface area contributed by atoms with Gasteiger partial charge in [0, 0.05) is 33.2 Å². The number of nitrogens with one attached hydrogen (secondary N) is 1. The van der Waals surface area contributed by atoms with Crippen LogP contribution in [0.4, 0.5) is 11.4 Å². The van der Waals surface area contributed by atoms with Gasteiger partial charge in [0.15, 0.2) is 11.4 Å². The standard InChI is InChI=1S/C24H26N6O2/c1-16-22-17(15-19(21-9-6-14-32-21)25-23(22)29(3)27-16)24(31)26-18-7-4-5-8-20(18)30-12-10-28(2)11-13-30/h4-9,14-15H,10-13H2,1-3H3,(H,26,31). The van der Waals surface area contributed by atoms with Crippen molar-refractivity contribution in [2.45, 2.75) is 6.92 Å². The summed E-state index contributed by atoms with van der Waals surface area (Å²) in [5.41, 5.74) is 4.37. The van der Waals surface area contributed by atoms with Crippen molar-refractivity contribution >= 4 is 28.3 Å². The number of aromatic nitrogens is 3. The summed E-state index contributed by atoms with van der Waals surface area (Å²) >= 11 is 0. The Morgan fingerprint density at radius 3 is 2.59 bits per heavy atom. The zero-order valence-electron chi connectivity index (χ0n) is 18.5. The number of aryl methyl sites for hydroxylation is 2. The lowest BCUT2D eigenvalue weighted by Gasteiger charge is -2.35. The quantitative estimate of drug-likeness (QED) is 0.534. The number of carbonyl (C=O) groups excluding carboxylic acids is 1. The number of carbonyl (C=O) groups is 1. The Labute approximate surface area is 186 Å². The molecule has 1 N–H and O–H groups in total. The van der Waals surface area contributed by atoms with Gasteiger partial charge in [-0.05, 0) is 44.3 Å². The molecule has 0 unspecified atom stereocenters. The minimum absolute atomic E-state index is 0.192. The highest BCUT2D eigenvalue weighted by Gasteiger charge is 2.22. The highest BCUT2D eigenvalue weighted by atomic mass is 16.3. The van der Waals surface area contributed by atoms with Gasteiger partial charge in [0.05, 0.1) is 34.3 Å². The monoisotopic (exact) mass is 430 g/mol. The zero-order valence-corrected chi connectivity index (χ0v) is 18.5. The third kappa shape index (κ3) is 3.62. The van der Waals surface area contributed by atoms with Gasteiger partial charge in [-0.3, -0.25) is 9.48 Å². The average Bonchev–Trinajstić information content (AvgIpc) is 3.43. The number of pyridine rings is 1. The van der Waals surface area contributed by atoms with E-state index in [2.05, 4.69) is 33.3 Å². The number of likely N-dealkylation sites (N-methyl/N-ethyl adjacent to an activating group) is 1. The van der Waals surface area contributed by atoms with E-state index in [1.54, 1.807) is 17.0 Å². The summed E-state index contributed by atoms with van der Waals surface area (Å²) in [6, 6.07) is 13.4. The maximum atomic E-state index is 13.6. The first-order valence-electron chi connectivity index (χ1n) is 10.7. The Kier molecular flexibility index (Phi) is 5.14. The van der Waals surface area contributed by atoms with Crippen LogP contribution < -0.4 is 10.2 Å². The first-order chi connectivity index (χ1) is 15.5. The van der Waals surface area contributed by atoms with E-state index in [0.29, 0.717) is 22.7 Å². The van der Waals surface area contributed by atoms with Crippen LogP contribution in [0.25, 0.3) is 22.5 Å². The second-order valence-electron chi connectivity index (χ2n) is 8.20. The molecule has 1 fully saturated rings. The maximum absolute atomic E-state index is 13.6. The van der Waals surface area contributed by atoms with E-state index in [-0.39, 0.29) is 5.91 Å². The molecule has 0 radical (unpaired) electrons. The smallest absolute Gasteiger partial charge is 0.256 e. The molecule has 0 aliphatic carbocycles. The largest absolute Gasteiger partial charge is 0.463 e. The fourth-order valence-corrected chi connectivity index (χ4v) is 4.27. The van der Waals surface area contributed by atoms with Crippen LogP contribution in [0, 0.1) is 6.92 Å². The number of furan rings is 1. The molecule has 1 aliphatic heterocycles. The minimum atomic E-state index is -0.192. The van der Waals surface area contributed by atoms with Gasteiger partial charge in [-0.25, -0.2) is 4.98 Å². The fourth-order valence-electron chi connectivity index (χ4n) is 4.27. The number of para-hydroxylation sites is 2. The summed E-state index contributed by atoms with van der Waals surface area (Å²) in [5.74, 6) is 0.417. The molecule has 0 spiro atoms. The summed E-state index contributed by atoms with van der Waals surface area (Å²) in [4.78, 5) is 22.9. The van der Waals surface area contributed by atoms with Gasteiger partial charge < -0.3 is 19.5 Å². The molecule has 4 heterocycles. The molecular weight excluding hydrogens is 404 g/mol. The molecule has 0 bridgehead atoms. The van der Waals surface area contributed by atoms with E-state index in [4.69, 9.17) is 9.40 Å². The first kappa shape index (κ1) is 20.3. The number of rotatable bonds is 4. The Hall–Kier alpha value is -3.65. The molecule has 4 aromatic rings. The molecule has 0 atom stereocenters. The summed E-state index contributed by atoms with van der Waals surface area (Å²) in [6.07, 6.45) is 1.60. The van der Waals surface area contributed by atoms with E-state index in [1.165, 1.54) is 0 Å². The van der Waals surface area contributed by atoms with Crippen LogP contribution in [0.3, 0.4) is 0 Å². The second kappa shape index (κ2) is 8.12. The molecule has 0 saturated carbocycles. The number of hydrogen-bond donors (Lipinski definition) is 1. The molecule has 164 valence electrons. The van der Waals surface area contributed by atoms with Crippen LogP contribution in [0.2, 0.25) is 0 Å². The van der Waals surface area contributed by atoms with Gasteiger partial charge >= 0.3 is 0 Å². The predicted octanol–water partition coefficient (Wildman–Crippen LogP) is 3.54. The van der Waals surface area contributed by atoms with E-state index >= 15 is 0 Å². The van der Waals surface area contributed by atoms with Crippen molar-refractivity contribution < 1.29 is 9.21 Å². The topological polar surface area (TPSA) is 79.4 Å². The van der Waals surface area contributed by atoms with E-state index in [1.807, 2.05) is 44.3 Å². The molecule has 3 aromatic heterocycles. The molecule has 8 heteroatoms. The highest BCUT2D eigenvalue weighted by molar-refractivity contribution is 6.14. The molecule has 1 amide bonds. The molecule has 5 rings (SSSR count). The molecular formula is C24H26N6O2. The van der Waals surface area contributed by atoms with Crippen LogP contribution in [0.5, 0.6) is 0 Å². The fraction of sp³-hybridized carbons (Fsp3) is 0.292. The molecule has 1 saturated heterocycles. The van der Waals surface area contributed by atoms with Crippen molar-refractivity contribution in [1.29, 1.82) is 0 Å². The van der Waals surface area contributed by atoms with E-state index < -0.39 is 0 Å². The number of hydrogen-bond acceptors (Lipinski definition) is 6. The van der Waals surface area contributed by atoms with Crippen LogP contribution in [-0.4, -0.2) is 58.8 Å². The lowest BCUT2D eigenvalue weighted by Crippen LogP contribution is -2.44. The van der Waals surface area contributed by atoms with Gasteiger partial charge in [0.25, 0.3) is 5.91 Å². The van der Waals surface area contributed by atoms with Gasteiger partial charge in [0.1, 0.15) is 5.69 Å². The Balaban J connectivity index is 1.54. The van der Waals surface area contributed by atoms with Crippen molar-refractivity contribution in [3.8, 4) is 11.5 Å². The van der Waals surface area contributed by atoms with Crippen LogP contribution in [-0.2, 0) is 7.05 Å². The number of benzene rings is 1. The van der Waals surface area contributed by atoms with Gasteiger partial charge in [-0.1, -0.05) is 12.1 Å². The number of piperazine rings is 1. The van der Waals surface area contributed by atoms with Crippen molar-refractivity contribution in [3.05, 3.63) is 60.0 Å². The SMILES string of the molecule is Cc1nn(C)c2nc(-c3ccco3)cc(C(=O)Nc3ccccc3N3CCN(C)CC3)c12. The third-order valence-corrected chi connectivity index (χ3v) is 5.98. The second-order valence-corrected chi connectivity index (χ2v) is 8.20. The van der Waals surface area contributed by atoms with Gasteiger partial charge in [0.2, 0.25) is 0 Å². The normalized spacial score (nSPS) is 14.8. The number of fused-ring (bicyclic) bond motifs is 1. The number of anilines is 2. The van der Waals surface area contributed by atoms with Crippen molar-refractivity contribution in [2.24, 2.45) is 7.05 Å². The van der Waals surface area contributed by atoms with Crippen molar-refractivity contribution in [1.82, 2.24) is 19.7 Å². The van der Waals surface area contributed by atoms with E-state index in [9.17, 15) is 4.79 Å². The lowest BCUT2D eigenvalue weighted by atomic mass is 10.1. The van der Waals surface area contributed by atoms with E-state index in [0.717, 1.165) is 48.6 Å². The first-order valence-corrected chi connectivity index (χ1v) is 10.7. The van der Waals surface area contributed by atoms with Crippen LogP contribution in [0.15, 0.2) is 53.1 Å². The predicted molar refractivity (Wildman–Crippen MR) is 125 cm³/mol. The highest BCUT2D eigenvalue weighted by Crippen LogP contribution is 2.30. The van der Waals surface area contributed by atoms with Crippen molar-refractivity contribution in [3.63, 3.8) is 0 Å². The van der Waals surface area contributed by atoms with Crippen LogP contribution >= 0.6 is 0 Å². The van der Waals surface area contributed by atoms with Crippen molar-refractivity contribution in [2.75, 3.05) is 43.4 Å². The molecule has 8 nitrogen and oxygen atoms in total. The average molecular weight is 431 g/mol. The Morgan fingerprint density at radius 2 is 1.84 bits per heavy atom. The summed E-state index contributed by atoms with van der Waals surface area (Å²) < 4.78 is 7.24. The number of amides is 1. The van der Waals surface area contributed by atoms with Gasteiger partial charge in [-0.15, -0.1) is 0 Å². The summed E-state index contributed by atoms with van der Waals surface area (Å²) in [7, 11) is 3.96. The van der Waals surface area contributed by atoms with Crippen LogP contribution in [0.1, 0.15) is 16.1 Å². The lowest BCUT2D eigenvalue weighted by molar-refractivity contribution is 0.102. The zero-order chi connectivity index (χ0) is 22.2. The van der Waals surface area contributed by atoms with Gasteiger partial charge in [-0.2, -0.15) is 5.10 Å². The number of nitrogens with zero attached hydrogens (tertiary/aromatic N) is 5. The maximum Gasteiger partial charge on any atom is 0.256 e. The third-order valence-electron chi connectivity index (χ3n) is 5.98. The Bertz CT molecular complexity index is 1270.